The lowest BCUT2D eigenvalue weighted by molar-refractivity contribution is 0.435. The van der Waals surface area contributed by atoms with Crippen molar-refractivity contribution >= 4 is 37.1 Å². The van der Waals surface area contributed by atoms with Crippen LogP contribution in [0.4, 0.5) is 5.69 Å². The van der Waals surface area contributed by atoms with E-state index in [2.05, 4.69) is 0 Å². The predicted molar refractivity (Wildman–Crippen MR) is 82.6 cm³/mol. The molecule has 0 unspecified atom stereocenters. The molecule has 1 aromatic rings. The Morgan fingerprint density at radius 1 is 1.24 bits per heavy atom. The summed E-state index contributed by atoms with van der Waals surface area (Å²) < 4.78 is 49.6. The monoisotopic (exact) mass is 352 g/mol. The number of sulfone groups is 1. The number of anilines is 1. The molecule has 0 amide bonds. The minimum absolute atomic E-state index is 0.00277. The fraction of sp³-hybridized carbons (Fsp3) is 0.500. The van der Waals surface area contributed by atoms with Gasteiger partial charge in [-0.05, 0) is 31.0 Å². The molecule has 2 rings (SSSR count). The topological polar surface area (TPSA) is 97.5 Å². The summed E-state index contributed by atoms with van der Waals surface area (Å²) in [5.74, 6) is -0.173. The number of aryl methyl sites for hydroxylation is 1. The smallest absolute Gasteiger partial charge is 0.244 e. The fourth-order valence-electron chi connectivity index (χ4n) is 2.16. The van der Waals surface area contributed by atoms with Crippen LogP contribution >= 0.6 is 11.6 Å². The number of hydrogen-bond acceptors (Lipinski definition) is 5. The molecule has 9 heteroatoms. The molecule has 1 aliphatic rings. The number of sulfonamides is 1. The van der Waals surface area contributed by atoms with Gasteiger partial charge in [-0.15, -0.1) is 0 Å². The van der Waals surface area contributed by atoms with Gasteiger partial charge in [-0.3, -0.25) is 0 Å². The van der Waals surface area contributed by atoms with Gasteiger partial charge in [-0.1, -0.05) is 11.6 Å². The van der Waals surface area contributed by atoms with Crippen LogP contribution in [0.5, 0.6) is 0 Å². The number of nitrogens with two attached hydrogens (primary N) is 1. The molecule has 21 heavy (non-hydrogen) atoms. The second-order valence-electron chi connectivity index (χ2n) is 5.05. The van der Waals surface area contributed by atoms with Gasteiger partial charge in [0.05, 0.1) is 16.5 Å². The lowest BCUT2D eigenvalue weighted by atomic mass is 10.2. The van der Waals surface area contributed by atoms with Crippen LogP contribution in [0.2, 0.25) is 5.02 Å². The van der Waals surface area contributed by atoms with Crippen LogP contribution in [0.1, 0.15) is 12.0 Å². The van der Waals surface area contributed by atoms with Crippen LogP contribution in [0, 0.1) is 6.92 Å². The van der Waals surface area contributed by atoms with E-state index in [9.17, 15) is 16.8 Å². The number of benzene rings is 1. The highest BCUT2D eigenvalue weighted by molar-refractivity contribution is 7.91. The largest absolute Gasteiger partial charge is 0.398 e. The summed E-state index contributed by atoms with van der Waals surface area (Å²) in [6, 6.07) is 2.82. The third kappa shape index (κ3) is 3.50. The maximum Gasteiger partial charge on any atom is 0.244 e. The molecule has 2 N–H and O–H groups in total. The van der Waals surface area contributed by atoms with Crippen molar-refractivity contribution in [1.29, 1.82) is 0 Å². The number of hydrogen-bond donors (Lipinski definition) is 1. The van der Waals surface area contributed by atoms with Crippen molar-refractivity contribution in [2.24, 2.45) is 0 Å². The molecule has 1 aromatic carbocycles. The molecule has 0 atom stereocenters. The van der Waals surface area contributed by atoms with Crippen molar-refractivity contribution in [2.45, 2.75) is 18.2 Å². The average Bonchev–Trinajstić information content (AvgIpc) is 2.55. The molecule has 1 heterocycles. The van der Waals surface area contributed by atoms with Gasteiger partial charge in [0.15, 0.2) is 9.84 Å². The zero-order valence-corrected chi connectivity index (χ0v) is 13.9. The van der Waals surface area contributed by atoms with Gasteiger partial charge in [0.2, 0.25) is 10.0 Å². The van der Waals surface area contributed by atoms with Crippen molar-refractivity contribution in [2.75, 3.05) is 30.3 Å². The summed E-state index contributed by atoms with van der Waals surface area (Å²) in [6.45, 7) is 1.83. The first-order valence-electron chi connectivity index (χ1n) is 6.40. The van der Waals surface area contributed by atoms with E-state index < -0.39 is 19.9 Å². The van der Waals surface area contributed by atoms with Gasteiger partial charge in [0.1, 0.15) is 4.90 Å². The predicted octanol–water partition coefficient (Wildman–Crippen LogP) is 1.04. The molecular formula is C12H17ClN2O4S2. The summed E-state index contributed by atoms with van der Waals surface area (Å²) in [6.07, 6.45) is 0.278. The van der Waals surface area contributed by atoms with Gasteiger partial charge in [-0.25, -0.2) is 16.8 Å². The van der Waals surface area contributed by atoms with Crippen LogP contribution in [0.25, 0.3) is 0 Å². The Hall–Kier alpha value is -0.830. The number of halogens is 1. The highest BCUT2D eigenvalue weighted by atomic mass is 35.5. The number of rotatable bonds is 2. The Morgan fingerprint density at radius 3 is 2.57 bits per heavy atom. The van der Waals surface area contributed by atoms with Crippen LogP contribution in [-0.2, 0) is 19.9 Å². The molecule has 0 spiro atoms. The molecule has 0 radical (unpaired) electrons. The molecule has 6 nitrogen and oxygen atoms in total. The minimum Gasteiger partial charge on any atom is -0.398 e. The molecule has 1 fully saturated rings. The van der Waals surface area contributed by atoms with Crippen LogP contribution in [-0.4, -0.2) is 45.7 Å². The minimum atomic E-state index is -3.85. The van der Waals surface area contributed by atoms with Gasteiger partial charge in [0, 0.05) is 18.8 Å². The Balaban J connectivity index is 2.41. The van der Waals surface area contributed by atoms with E-state index in [-0.39, 0.29) is 40.9 Å². The molecule has 118 valence electrons. The standard InChI is InChI=1S/C12H17ClN2O4S2/c1-9-7-10(13)12(8-11(9)14)21(18,19)15-3-2-5-20(16,17)6-4-15/h7-8H,2-6,14H2,1H3. The van der Waals surface area contributed by atoms with Gasteiger partial charge >= 0.3 is 0 Å². The fourth-order valence-corrected chi connectivity index (χ4v) is 5.62. The summed E-state index contributed by atoms with van der Waals surface area (Å²) in [5.41, 5.74) is 6.78. The normalized spacial score (nSPS) is 20.1. The molecular weight excluding hydrogens is 336 g/mol. The maximum atomic E-state index is 12.6. The maximum absolute atomic E-state index is 12.6. The van der Waals surface area contributed by atoms with Crippen LogP contribution in [0.15, 0.2) is 17.0 Å². The average molecular weight is 353 g/mol. The molecule has 1 aliphatic heterocycles. The second-order valence-corrected chi connectivity index (χ2v) is 9.67. The number of nitrogens with zero attached hydrogens (tertiary/aromatic N) is 1. The molecule has 0 saturated carbocycles. The molecule has 0 bridgehead atoms. The summed E-state index contributed by atoms with van der Waals surface area (Å²) >= 11 is 6.02. The summed E-state index contributed by atoms with van der Waals surface area (Å²) in [7, 11) is -7.03. The quantitative estimate of drug-likeness (QED) is 0.802. The van der Waals surface area contributed by atoms with Crippen molar-refractivity contribution in [3.8, 4) is 0 Å². The van der Waals surface area contributed by atoms with E-state index >= 15 is 0 Å². The van der Waals surface area contributed by atoms with Crippen LogP contribution in [0.3, 0.4) is 0 Å². The number of nitrogen functional groups attached to an aromatic ring is 1. The van der Waals surface area contributed by atoms with E-state index in [1.807, 2.05) is 0 Å². The van der Waals surface area contributed by atoms with E-state index in [1.54, 1.807) is 6.92 Å². The third-order valence-electron chi connectivity index (χ3n) is 3.45. The first-order valence-corrected chi connectivity index (χ1v) is 10.0. The lowest BCUT2D eigenvalue weighted by Crippen LogP contribution is -2.34. The Kier molecular flexibility index (Phi) is 4.53. The first-order chi connectivity index (χ1) is 9.63. The third-order valence-corrected chi connectivity index (χ3v) is 7.53. The molecule has 1 saturated heterocycles. The Labute approximate surface area is 129 Å². The zero-order valence-electron chi connectivity index (χ0n) is 11.5. The second kappa shape index (κ2) is 5.75. The van der Waals surface area contributed by atoms with Crippen molar-refractivity contribution < 1.29 is 16.8 Å². The van der Waals surface area contributed by atoms with Crippen molar-refractivity contribution in [1.82, 2.24) is 4.31 Å². The zero-order chi connectivity index (χ0) is 15.8. The van der Waals surface area contributed by atoms with Gasteiger partial charge < -0.3 is 5.73 Å². The van der Waals surface area contributed by atoms with Gasteiger partial charge in [0.25, 0.3) is 0 Å². The SMILES string of the molecule is Cc1cc(Cl)c(S(=O)(=O)N2CCCS(=O)(=O)CC2)cc1N. The molecule has 0 aromatic heterocycles. The van der Waals surface area contributed by atoms with Gasteiger partial charge in [-0.2, -0.15) is 4.31 Å². The van der Waals surface area contributed by atoms with Crippen molar-refractivity contribution in [3.05, 3.63) is 22.7 Å². The van der Waals surface area contributed by atoms with E-state index in [1.165, 1.54) is 12.1 Å². The summed E-state index contributed by atoms with van der Waals surface area (Å²) in [5, 5.41) is 0.0915. The highest BCUT2D eigenvalue weighted by Crippen LogP contribution is 2.29. The first kappa shape index (κ1) is 16.5. The Bertz CT molecular complexity index is 760. The van der Waals surface area contributed by atoms with Crippen molar-refractivity contribution in [3.63, 3.8) is 0 Å². The van der Waals surface area contributed by atoms with Crippen LogP contribution < -0.4 is 5.73 Å². The summed E-state index contributed by atoms with van der Waals surface area (Å²) in [4.78, 5) is -0.0773. The van der Waals surface area contributed by atoms with E-state index in [4.69, 9.17) is 17.3 Å². The lowest BCUT2D eigenvalue weighted by Gasteiger charge is -2.20. The Morgan fingerprint density at radius 2 is 1.90 bits per heavy atom. The van der Waals surface area contributed by atoms with E-state index in [0.29, 0.717) is 11.3 Å². The molecule has 0 aliphatic carbocycles. The van der Waals surface area contributed by atoms with E-state index in [0.717, 1.165) is 4.31 Å². The highest BCUT2D eigenvalue weighted by Gasteiger charge is 2.30.